The standard InChI is InChI=1S/C44H58O5Si2/c1-8-32-46-40-33-41(49-51(44(5,6)7,37-26-17-11-18-27-37)38-28-19-12-20-29-38)42(48-39(40)30-21-31-45)34-47-50(43(2,3)4,35-22-13-9-14-23-35)36-24-15-10-16-25-36/h8-20,22-29,39-42,45H,1,21,30-34H2,2-7H3/t39-,40+,41-,42+/m0/s1. The number of aliphatic hydroxyl groups excluding tert-OH is 1. The van der Waals surface area contributed by atoms with Gasteiger partial charge in [0, 0.05) is 13.0 Å². The summed E-state index contributed by atoms with van der Waals surface area (Å²) in [6, 6.07) is 43.1. The lowest BCUT2D eigenvalue weighted by Crippen LogP contribution is -2.70. The maximum absolute atomic E-state index is 9.87. The largest absolute Gasteiger partial charge is 0.405 e. The molecule has 272 valence electrons. The van der Waals surface area contributed by atoms with Crippen molar-refractivity contribution in [3.63, 3.8) is 0 Å². The molecule has 0 unspecified atom stereocenters. The van der Waals surface area contributed by atoms with E-state index in [1.54, 1.807) is 6.08 Å². The van der Waals surface area contributed by atoms with Gasteiger partial charge in [0.05, 0.1) is 31.5 Å². The van der Waals surface area contributed by atoms with E-state index in [4.69, 9.17) is 18.3 Å². The van der Waals surface area contributed by atoms with Crippen molar-refractivity contribution in [2.75, 3.05) is 19.8 Å². The van der Waals surface area contributed by atoms with Crippen LogP contribution in [0.25, 0.3) is 0 Å². The molecular weight excluding hydrogens is 665 g/mol. The van der Waals surface area contributed by atoms with E-state index in [1.165, 1.54) is 20.7 Å². The zero-order valence-corrected chi connectivity index (χ0v) is 33.5. The molecule has 5 rings (SSSR count). The average molecular weight is 723 g/mol. The first-order valence-corrected chi connectivity index (χ1v) is 22.3. The molecule has 4 aromatic carbocycles. The third kappa shape index (κ3) is 8.41. The number of benzene rings is 4. The van der Waals surface area contributed by atoms with Gasteiger partial charge >= 0.3 is 0 Å². The summed E-state index contributed by atoms with van der Waals surface area (Å²) < 4.78 is 29.0. The smallest absolute Gasteiger partial charge is 0.261 e. The van der Waals surface area contributed by atoms with Gasteiger partial charge in [-0.05, 0) is 43.7 Å². The van der Waals surface area contributed by atoms with Crippen molar-refractivity contribution in [1.29, 1.82) is 0 Å². The molecule has 1 N–H and O–H groups in total. The third-order valence-corrected chi connectivity index (χ3v) is 20.4. The number of ether oxygens (including phenoxy) is 2. The molecule has 1 aliphatic rings. The lowest BCUT2D eigenvalue weighted by atomic mass is 9.95. The van der Waals surface area contributed by atoms with Crippen LogP contribution in [-0.4, -0.2) is 66.0 Å². The van der Waals surface area contributed by atoms with Crippen molar-refractivity contribution in [1.82, 2.24) is 0 Å². The van der Waals surface area contributed by atoms with Crippen LogP contribution in [0.3, 0.4) is 0 Å². The Kier molecular flexibility index (Phi) is 13.1. The highest BCUT2D eigenvalue weighted by atomic mass is 28.4. The minimum absolute atomic E-state index is 0.0965. The van der Waals surface area contributed by atoms with Crippen LogP contribution in [0.4, 0.5) is 0 Å². The highest BCUT2D eigenvalue weighted by Crippen LogP contribution is 2.41. The minimum Gasteiger partial charge on any atom is -0.405 e. The van der Waals surface area contributed by atoms with Gasteiger partial charge in [-0.1, -0.05) is 169 Å². The van der Waals surface area contributed by atoms with Crippen LogP contribution < -0.4 is 20.7 Å². The van der Waals surface area contributed by atoms with Crippen molar-refractivity contribution in [3.8, 4) is 0 Å². The lowest BCUT2D eigenvalue weighted by molar-refractivity contribution is -0.187. The molecule has 51 heavy (non-hydrogen) atoms. The Labute approximate surface area is 308 Å². The normalized spacial score (nSPS) is 20.2. The highest BCUT2D eigenvalue weighted by molar-refractivity contribution is 7.00. The predicted octanol–water partition coefficient (Wildman–Crippen LogP) is 7.01. The second kappa shape index (κ2) is 17.1. The van der Waals surface area contributed by atoms with Gasteiger partial charge in [0.2, 0.25) is 0 Å². The molecule has 4 aromatic rings. The molecule has 1 heterocycles. The number of rotatable bonds is 15. The van der Waals surface area contributed by atoms with Gasteiger partial charge in [-0.3, -0.25) is 0 Å². The van der Waals surface area contributed by atoms with E-state index in [1.807, 2.05) is 0 Å². The van der Waals surface area contributed by atoms with Crippen LogP contribution >= 0.6 is 0 Å². The van der Waals surface area contributed by atoms with Gasteiger partial charge in [-0.15, -0.1) is 6.58 Å². The average Bonchev–Trinajstić information content (AvgIpc) is 3.13. The molecule has 4 atom stereocenters. The second-order valence-electron chi connectivity index (χ2n) is 15.8. The van der Waals surface area contributed by atoms with Crippen LogP contribution in [-0.2, 0) is 18.3 Å². The van der Waals surface area contributed by atoms with E-state index in [9.17, 15) is 5.11 Å². The maximum atomic E-state index is 9.87. The van der Waals surface area contributed by atoms with E-state index in [0.29, 0.717) is 32.5 Å². The van der Waals surface area contributed by atoms with Crippen molar-refractivity contribution in [3.05, 3.63) is 134 Å². The second-order valence-corrected chi connectivity index (χ2v) is 24.3. The topological polar surface area (TPSA) is 57.2 Å². The van der Waals surface area contributed by atoms with Crippen molar-refractivity contribution in [2.24, 2.45) is 0 Å². The first-order valence-electron chi connectivity index (χ1n) is 18.5. The van der Waals surface area contributed by atoms with E-state index >= 15 is 0 Å². The van der Waals surface area contributed by atoms with Crippen molar-refractivity contribution in [2.45, 2.75) is 95.3 Å². The first kappa shape index (κ1) is 39.1. The van der Waals surface area contributed by atoms with E-state index in [-0.39, 0.29) is 41.1 Å². The summed E-state index contributed by atoms with van der Waals surface area (Å²) in [5, 5.41) is 14.4. The lowest BCUT2D eigenvalue weighted by Gasteiger charge is -2.50. The summed E-state index contributed by atoms with van der Waals surface area (Å²) in [5.74, 6) is 0. The number of aliphatic hydroxyl groups is 1. The summed E-state index contributed by atoms with van der Waals surface area (Å²) >= 11 is 0. The molecule has 1 fully saturated rings. The predicted molar refractivity (Wildman–Crippen MR) is 216 cm³/mol. The van der Waals surface area contributed by atoms with Crippen molar-refractivity contribution < 1.29 is 23.4 Å². The zero-order chi connectivity index (χ0) is 36.5. The molecule has 5 nitrogen and oxygen atoms in total. The Morgan fingerprint density at radius 2 is 1.10 bits per heavy atom. The van der Waals surface area contributed by atoms with E-state index in [0.717, 1.165) is 0 Å². The molecule has 0 aromatic heterocycles. The molecule has 0 amide bonds. The van der Waals surface area contributed by atoms with Crippen LogP contribution in [0.2, 0.25) is 10.1 Å². The Morgan fingerprint density at radius 1 is 0.667 bits per heavy atom. The molecule has 0 bridgehead atoms. The van der Waals surface area contributed by atoms with Crippen LogP contribution in [0.15, 0.2) is 134 Å². The van der Waals surface area contributed by atoms with Crippen LogP contribution in [0, 0.1) is 0 Å². The minimum atomic E-state index is -2.97. The first-order chi connectivity index (χ1) is 24.5. The van der Waals surface area contributed by atoms with Crippen LogP contribution in [0.1, 0.15) is 60.8 Å². The summed E-state index contributed by atoms with van der Waals surface area (Å²) in [4.78, 5) is 0. The van der Waals surface area contributed by atoms with Crippen molar-refractivity contribution >= 4 is 37.4 Å². The SMILES string of the molecule is C=CCO[C@@H]1C[C@H](O[Si](c2ccccc2)(c2ccccc2)C(C)(C)C)[C@@H](CO[Si](c2ccccc2)(c2ccccc2)C(C)(C)C)O[C@H]1CCCO. The molecule has 0 saturated carbocycles. The van der Waals surface area contributed by atoms with E-state index in [2.05, 4.69) is 169 Å². The molecule has 0 radical (unpaired) electrons. The van der Waals surface area contributed by atoms with Crippen LogP contribution in [0.5, 0.6) is 0 Å². The Balaban J connectivity index is 1.64. The van der Waals surface area contributed by atoms with Gasteiger partial charge in [-0.25, -0.2) is 0 Å². The molecule has 7 heteroatoms. The van der Waals surface area contributed by atoms with Gasteiger partial charge in [-0.2, -0.15) is 0 Å². The summed E-state index contributed by atoms with van der Waals surface area (Å²) in [5.41, 5.74) is 0. The van der Waals surface area contributed by atoms with Gasteiger partial charge in [0.25, 0.3) is 16.6 Å². The molecule has 1 saturated heterocycles. The number of hydrogen-bond donors (Lipinski definition) is 1. The highest BCUT2D eigenvalue weighted by Gasteiger charge is 2.55. The van der Waals surface area contributed by atoms with Gasteiger partial charge < -0.3 is 23.4 Å². The molecule has 0 spiro atoms. The Bertz CT molecular complexity index is 1540. The monoisotopic (exact) mass is 722 g/mol. The summed E-state index contributed by atoms with van der Waals surface area (Å²) in [6.45, 7) is 18.7. The third-order valence-electron chi connectivity index (χ3n) is 10.3. The fraction of sp³-hybridized carbons (Fsp3) is 0.409. The Morgan fingerprint density at radius 3 is 1.49 bits per heavy atom. The Hall–Kier alpha value is -3.15. The fourth-order valence-electron chi connectivity index (χ4n) is 8.00. The maximum Gasteiger partial charge on any atom is 0.261 e. The summed E-state index contributed by atoms with van der Waals surface area (Å²) in [7, 11) is -5.85. The molecule has 0 aliphatic carbocycles. The number of hydrogen-bond acceptors (Lipinski definition) is 5. The quantitative estimate of drug-likeness (QED) is 0.106. The molecule has 1 aliphatic heterocycles. The van der Waals surface area contributed by atoms with E-state index < -0.39 is 16.6 Å². The fourth-order valence-corrected chi connectivity index (χ4v) is 17.3. The van der Waals surface area contributed by atoms with Gasteiger partial charge in [0.15, 0.2) is 0 Å². The summed E-state index contributed by atoms with van der Waals surface area (Å²) in [6.07, 6.45) is 2.60. The zero-order valence-electron chi connectivity index (χ0n) is 31.5. The molecular formula is C44H58O5Si2. The van der Waals surface area contributed by atoms with Gasteiger partial charge in [0.1, 0.15) is 6.10 Å².